The number of aromatic nitrogens is 1. The van der Waals surface area contributed by atoms with Crippen molar-refractivity contribution < 1.29 is 4.39 Å². The average molecular weight is 269 g/mol. The minimum atomic E-state index is -0.327. The van der Waals surface area contributed by atoms with Crippen LogP contribution in [-0.4, -0.2) is 4.98 Å². The fraction of sp³-hybridized carbons (Fsp3) is 0.0833. The summed E-state index contributed by atoms with van der Waals surface area (Å²) in [5.41, 5.74) is 7.28. The van der Waals surface area contributed by atoms with Gasteiger partial charge in [-0.2, -0.15) is 0 Å². The Labute approximate surface area is 108 Å². The molecule has 0 amide bonds. The number of rotatable bonds is 3. The van der Waals surface area contributed by atoms with E-state index in [-0.39, 0.29) is 5.82 Å². The van der Waals surface area contributed by atoms with Gasteiger partial charge in [-0.1, -0.05) is 11.6 Å². The number of halogens is 2. The monoisotopic (exact) mass is 268 g/mol. The lowest BCUT2D eigenvalue weighted by Crippen LogP contribution is -1.90. The molecule has 0 fully saturated rings. The first-order chi connectivity index (χ1) is 8.15. The van der Waals surface area contributed by atoms with Crippen molar-refractivity contribution in [3.05, 3.63) is 53.1 Å². The molecule has 0 spiro atoms. The first kappa shape index (κ1) is 12.2. The lowest BCUT2D eigenvalue weighted by Gasteiger charge is -2.05. The van der Waals surface area contributed by atoms with Crippen molar-refractivity contribution in [3.8, 4) is 0 Å². The summed E-state index contributed by atoms with van der Waals surface area (Å²) in [4.78, 5) is 4.72. The van der Waals surface area contributed by atoms with Crippen LogP contribution in [0.1, 0.15) is 5.56 Å². The van der Waals surface area contributed by atoms with Gasteiger partial charge in [0.05, 0.1) is 6.20 Å². The molecule has 0 unspecified atom stereocenters. The molecule has 1 aromatic heterocycles. The van der Waals surface area contributed by atoms with Crippen LogP contribution in [-0.2, 0) is 5.75 Å². The zero-order valence-corrected chi connectivity index (χ0v) is 10.4. The number of benzene rings is 1. The molecule has 0 saturated heterocycles. The molecule has 0 aliphatic rings. The molecule has 0 aliphatic heterocycles. The van der Waals surface area contributed by atoms with Gasteiger partial charge in [-0.25, -0.2) is 4.39 Å². The van der Waals surface area contributed by atoms with Gasteiger partial charge in [0.2, 0.25) is 0 Å². The van der Waals surface area contributed by atoms with Crippen LogP contribution in [0.25, 0.3) is 0 Å². The fourth-order valence-corrected chi connectivity index (χ4v) is 2.40. The first-order valence-corrected chi connectivity index (χ1v) is 6.29. The number of anilines is 1. The molecule has 2 rings (SSSR count). The standard InChI is InChI=1S/C12H10ClFN2S/c13-9-1-2-12(11(15)4-9)17-7-8-3-10(14)6-16-5-8/h1-6H,7,15H2. The predicted octanol–water partition coefficient (Wildman–Crippen LogP) is 3.75. The summed E-state index contributed by atoms with van der Waals surface area (Å²) in [6.45, 7) is 0. The van der Waals surface area contributed by atoms with Gasteiger partial charge >= 0.3 is 0 Å². The molecular weight excluding hydrogens is 259 g/mol. The molecule has 1 aromatic carbocycles. The largest absolute Gasteiger partial charge is 0.398 e. The molecule has 0 bridgehead atoms. The highest BCUT2D eigenvalue weighted by atomic mass is 35.5. The van der Waals surface area contributed by atoms with Crippen LogP contribution in [0.2, 0.25) is 5.02 Å². The minimum Gasteiger partial charge on any atom is -0.398 e. The van der Waals surface area contributed by atoms with Crippen LogP contribution in [0, 0.1) is 5.82 Å². The highest BCUT2D eigenvalue weighted by Crippen LogP contribution is 2.29. The topological polar surface area (TPSA) is 38.9 Å². The van der Waals surface area contributed by atoms with Crippen molar-refractivity contribution in [2.75, 3.05) is 5.73 Å². The molecule has 0 saturated carbocycles. The van der Waals surface area contributed by atoms with E-state index in [1.165, 1.54) is 24.0 Å². The third kappa shape index (κ3) is 3.35. The van der Waals surface area contributed by atoms with Gasteiger partial charge in [-0.3, -0.25) is 4.98 Å². The van der Waals surface area contributed by atoms with Crippen LogP contribution in [0.3, 0.4) is 0 Å². The van der Waals surface area contributed by atoms with Gasteiger partial charge in [-0.15, -0.1) is 11.8 Å². The molecule has 2 N–H and O–H groups in total. The van der Waals surface area contributed by atoms with E-state index >= 15 is 0 Å². The summed E-state index contributed by atoms with van der Waals surface area (Å²) in [5, 5.41) is 0.610. The second-order valence-electron chi connectivity index (χ2n) is 3.48. The molecule has 5 heteroatoms. The molecule has 17 heavy (non-hydrogen) atoms. The van der Waals surface area contributed by atoms with E-state index in [0.717, 1.165) is 10.5 Å². The fourth-order valence-electron chi connectivity index (χ4n) is 1.35. The summed E-state index contributed by atoms with van der Waals surface area (Å²) < 4.78 is 12.9. The second kappa shape index (κ2) is 5.38. The highest BCUT2D eigenvalue weighted by molar-refractivity contribution is 7.98. The van der Waals surface area contributed by atoms with Crippen LogP contribution in [0.4, 0.5) is 10.1 Å². The molecule has 0 atom stereocenters. The summed E-state index contributed by atoms with van der Waals surface area (Å²) >= 11 is 7.33. The Hall–Kier alpha value is -1.26. The van der Waals surface area contributed by atoms with E-state index in [2.05, 4.69) is 4.98 Å². The van der Waals surface area contributed by atoms with E-state index in [4.69, 9.17) is 17.3 Å². The number of nitrogens with zero attached hydrogens (tertiary/aromatic N) is 1. The van der Waals surface area contributed by atoms with Crippen molar-refractivity contribution >= 4 is 29.1 Å². The number of nitrogens with two attached hydrogens (primary N) is 1. The van der Waals surface area contributed by atoms with E-state index in [0.29, 0.717) is 16.5 Å². The smallest absolute Gasteiger partial charge is 0.141 e. The molecule has 1 heterocycles. The van der Waals surface area contributed by atoms with Crippen molar-refractivity contribution in [2.45, 2.75) is 10.6 Å². The van der Waals surface area contributed by atoms with Crippen molar-refractivity contribution in [2.24, 2.45) is 0 Å². The number of hydrogen-bond donors (Lipinski definition) is 1. The van der Waals surface area contributed by atoms with Crippen molar-refractivity contribution in [3.63, 3.8) is 0 Å². The van der Waals surface area contributed by atoms with E-state index in [1.807, 2.05) is 6.07 Å². The Bertz CT molecular complexity index is 534. The molecule has 2 aromatic rings. The van der Waals surface area contributed by atoms with Gasteiger partial charge < -0.3 is 5.73 Å². The van der Waals surface area contributed by atoms with Crippen LogP contribution < -0.4 is 5.73 Å². The average Bonchev–Trinajstić information content (AvgIpc) is 2.28. The number of nitrogen functional groups attached to an aromatic ring is 1. The first-order valence-electron chi connectivity index (χ1n) is 4.92. The molecule has 0 aliphatic carbocycles. The Morgan fingerprint density at radius 2 is 2.12 bits per heavy atom. The van der Waals surface area contributed by atoms with Crippen LogP contribution in [0.15, 0.2) is 41.6 Å². The quantitative estimate of drug-likeness (QED) is 0.681. The minimum absolute atomic E-state index is 0.327. The lowest BCUT2D eigenvalue weighted by atomic mass is 10.3. The Kier molecular flexibility index (Phi) is 3.86. The van der Waals surface area contributed by atoms with Crippen molar-refractivity contribution in [1.82, 2.24) is 4.98 Å². The molecular formula is C12H10ClFN2S. The number of hydrogen-bond acceptors (Lipinski definition) is 3. The van der Waals surface area contributed by atoms with E-state index < -0.39 is 0 Å². The maximum atomic E-state index is 12.9. The van der Waals surface area contributed by atoms with Gasteiger partial charge in [0, 0.05) is 27.6 Å². The van der Waals surface area contributed by atoms with Gasteiger partial charge in [-0.05, 0) is 29.8 Å². The molecule has 88 valence electrons. The summed E-state index contributed by atoms with van der Waals surface area (Å²) in [7, 11) is 0. The van der Waals surface area contributed by atoms with Crippen molar-refractivity contribution in [1.29, 1.82) is 0 Å². The summed E-state index contributed by atoms with van der Waals surface area (Å²) in [5.74, 6) is 0.295. The summed E-state index contributed by atoms with van der Waals surface area (Å²) in [6, 6.07) is 6.80. The van der Waals surface area contributed by atoms with Gasteiger partial charge in [0.1, 0.15) is 5.82 Å². The highest BCUT2D eigenvalue weighted by Gasteiger charge is 2.02. The maximum absolute atomic E-state index is 12.9. The summed E-state index contributed by atoms with van der Waals surface area (Å²) in [6.07, 6.45) is 2.83. The maximum Gasteiger partial charge on any atom is 0.141 e. The third-order valence-electron chi connectivity index (χ3n) is 2.13. The zero-order valence-electron chi connectivity index (χ0n) is 8.86. The second-order valence-corrected chi connectivity index (χ2v) is 4.94. The molecule has 2 nitrogen and oxygen atoms in total. The predicted molar refractivity (Wildman–Crippen MR) is 69.6 cm³/mol. The van der Waals surface area contributed by atoms with E-state index in [9.17, 15) is 4.39 Å². The molecule has 0 radical (unpaired) electrons. The van der Waals surface area contributed by atoms with Gasteiger partial charge in [0.15, 0.2) is 0 Å². The normalized spacial score (nSPS) is 10.5. The van der Waals surface area contributed by atoms with Gasteiger partial charge in [0.25, 0.3) is 0 Å². The zero-order chi connectivity index (χ0) is 12.3. The van der Waals surface area contributed by atoms with E-state index in [1.54, 1.807) is 18.3 Å². The third-order valence-corrected chi connectivity index (χ3v) is 3.52. The lowest BCUT2D eigenvalue weighted by molar-refractivity contribution is 0.619. The number of thioether (sulfide) groups is 1. The van der Waals surface area contributed by atoms with Crippen LogP contribution in [0.5, 0.6) is 0 Å². The Morgan fingerprint density at radius 1 is 1.29 bits per heavy atom. The SMILES string of the molecule is Nc1cc(Cl)ccc1SCc1cncc(F)c1. The number of pyridine rings is 1. The Morgan fingerprint density at radius 3 is 2.82 bits per heavy atom. The Balaban J connectivity index is 2.07. The van der Waals surface area contributed by atoms with Crippen LogP contribution >= 0.6 is 23.4 Å².